The third kappa shape index (κ3) is 4.96. The molecule has 1 atom stereocenters. The van der Waals surface area contributed by atoms with Gasteiger partial charge in [-0.2, -0.15) is 0 Å². The minimum Gasteiger partial charge on any atom is -0.479 e. The predicted molar refractivity (Wildman–Crippen MR) is 90.9 cm³/mol. The molecule has 7 heteroatoms. The largest absolute Gasteiger partial charge is 0.479 e. The third-order valence-electron chi connectivity index (χ3n) is 3.04. The van der Waals surface area contributed by atoms with Crippen molar-refractivity contribution in [2.45, 2.75) is 20.0 Å². The van der Waals surface area contributed by atoms with E-state index in [1.807, 2.05) is 0 Å². The molecule has 24 heavy (non-hydrogen) atoms. The van der Waals surface area contributed by atoms with E-state index in [9.17, 15) is 14.0 Å². The van der Waals surface area contributed by atoms with Crippen LogP contribution in [0.1, 0.15) is 13.8 Å². The Morgan fingerprint density at radius 2 is 1.67 bits per heavy atom. The van der Waals surface area contributed by atoms with Gasteiger partial charge >= 0.3 is 0 Å². The summed E-state index contributed by atoms with van der Waals surface area (Å²) in [4.78, 5) is 23.1. The molecule has 0 aliphatic rings. The second kappa shape index (κ2) is 7.79. The first-order valence-electron chi connectivity index (χ1n) is 7.15. The summed E-state index contributed by atoms with van der Waals surface area (Å²) in [5.41, 5.74) is 1.18. The molecule has 0 unspecified atom stereocenters. The van der Waals surface area contributed by atoms with Gasteiger partial charge in [0.2, 0.25) is 5.91 Å². The van der Waals surface area contributed by atoms with Crippen LogP contribution < -0.4 is 15.4 Å². The summed E-state index contributed by atoms with van der Waals surface area (Å²) in [5, 5.41) is 5.40. The van der Waals surface area contributed by atoms with Crippen molar-refractivity contribution in [3.8, 4) is 5.75 Å². The van der Waals surface area contributed by atoms with Crippen LogP contribution in [0.2, 0.25) is 5.02 Å². The van der Waals surface area contributed by atoms with Gasteiger partial charge in [0.25, 0.3) is 5.91 Å². The topological polar surface area (TPSA) is 67.4 Å². The first kappa shape index (κ1) is 17.7. The van der Waals surface area contributed by atoms with E-state index >= 15 is 0 Å². The van der Waals surface area contributed by atoms with Gasteiger partial charge in [0.15, 0.2) is 6.10 Å². The van der Waals surface area contributed by atoms with Crippen LogP contribution in [-0.4, -0.2) is 17.9 Å². The van der Waals surface area contributed by atoms with Crippen molar-refractivity contribution in [2.75, 3.05) is 10.6 Å². The Balaban J connectivity index is 1.97. The maximum Gasteiger partial charge on any atom is 0.265 e. The van der Waals surface area contributed by atoms with E-state index in [0.717, 1.165) is 6.07 Å². The van der Waals surface area contributed by atoms with Crippen molar-refractivity contribution in [1.82, 2.24) is 0 Å². The standard InChI is InChI=1S/C17H16ClFN2O3/c1-10(24-16-8-3-12(19)9-15(16)18)17(23)21-14-6-4-13(5-7-14)20-11(2)22/h3-10H,1-2H3,(H,20,22)(H,21,23)/t10-/m1/s1. The maximum atomic E-state index is 13.0. The Labute approximate surface area is 143 Å². The van der Waals surface area contributed by atoms with Crippen LogP contribution in [0.3, 0.4) is 0 Å². The summed E-state index contributed by atoms with van der Waals surface area (Å²) in [5.74, 6) is -0.821. The third-order valence-corrected chi connectivity index (χ3v) is 3.34. The van der Waals surface area contributed by atoms with Crippen LogP contribution in [0.5, 0.6) is 5.75 Å². The fourth-order valence-corrected chi connectivity index (χ4v) is 2.11. The summed E-state index contributed by atoms with van der Waals surface area (Å²) in [6.45, 7) is 2.97. The van der Waals surface area contributed by atoms with Crippen molar-refractivity contribution in [1.29, 1.82) is 0 Å². The van der Waals surface area contributed by atoms with E-state index in [2.05, 4.69) is 10.6 Å². The second-order valence-corrected chi connectivity index (χ2v) is 5.49. The molecular formula is C17H16ClFN2O3. The lowest BCUT2D eigenvalue weighted by molar-refractivity contribution is -0.122. The van der Waals surface area contributed by atoms with Crippen LogP contribution in [0.15, 0.2) is 42.5 Å². The quantitative estimate of drug-likeness (QED) is 0.860. The number of anilines is 2. The predicted octanol–water partition coefficient (Wildman–Crippen LogP) is 3.84. The summed E-state index contributed by atoms with van der Waals surface area (Å²) < 4.78 is 18.4. The molecule has 5 nitrogen and oxygen atoms in total. The lowest BCUT2D eigenvalue weighted by Gasteiger charge is -2.16. The second-order valence-electron chi connectivity index (χ2n) is 5.08. The number of ether oxygens (including phenoxy) is 1. The van der Waals surface area contributed by atoms with Crippen LogP contribution in [0, 0.1) is 5.82 Å². The molecule has 2 rings (SSSR count). The molecule has 126 valence electrons. The lowest BCUT2D eigenvalue weighted by Crippen LogP contribution is -2.30. The molecular weight excluding hydrogens is 335 g/mol. The number of halogens is 2. The molecule has 0 fully saturated rings. The summed E-state index contributed by atoms with van der Waals surface area (Å²) in [6.07, 6.45) is -0.831. The molecule has 2 aromatic carbocycles. The highest BCUT2D eigenvalue weighted by atomic mass is 35.5. The van der Waals surface area contributed by atoms with Crippen LogP contribution in [-0.2, 0) is 9.59 Å². The smallest absolute Gasteiger partial charge is 0.265 e. The molecule has 0 bridgehead atoms. The minimum atomic E-state index is -0.831. The number of carbonyl (C=O) groups excluding carboxylic acids is 2. The number of benzene rings is 2. The lowest BCUT2D eigenvalue weighted by atomic mass is 10.2. The monoisotopic (exact) mass is 350 g/mol. The summed E-state index contributed by atoms with van der Waals surface area (Å²) in [7, 11) is 0. The number of carbonyl (C=O) groups is 2. The van der Waals surface area contributed by atoms with Crippen molar-refractivity contribution in [3.05, 3.63) is 53.3 Å². The average molecular weight is 351 g/mol. The van der Waals surface area contributed by atoms with Gasteiger partial charge in [0.1, 0.15) is 11.6 Å². The molecule has 0 aliphatic carbocycles. The van der Waals surface area contributed by atoms with Crippen molar-refractivity contribution in [2.24, 2.45) is 0 Å². The molecule has 0 radical (unpaired) electrons. The van der Waals surface area contributed by atoms with Crippen LogP contribution >= 0.6 is 11.6 Å². The van der Waals surface area contributed by atoms with Crippen LogP contribution in [0.4, 0.5) is 15.8 Å². The minimum absolute atomic E-state index is 0.0920. The zero-order valence-electron chi connectivity index (χ0n) is 13.1. The van der Waals surface area contributed by atoms with Gasteiger partial charge in [0, 0.05) is 18.3 Å². The molecule has 0 spiro atoms. The fourth-order valence-electron chi connectivity index (χ4n) is 1.90. The molecule has 0 aliphatic heterocycles. The molecule has 0 saturated carbocycles. The zero-order valence-corrected chi connectivity index (χ0v) is 13.9. The van der Waals surface area contributed by atoms with E-state index in [0.29, 0.717) is 11.4 Å². The highest BCUT2D eigenvalue weighted by molar-refractivity contribution is 6.32. The number of rotatable bonds is 5. The number of hydrogen-bond acceptors (Lipinski definition) is 3. The first-order chi connectivity index (χ1) is 11.3. The molecule has 2 N–H and O–H groups in total. The Kier molecular flexibility index (Phi) is 5.76. The van der Waals surface area contributed by atoms with Crippen molar-refractivity contribution >= 4 is 34.8 Å². The van der Waals surface area contributed by atoms with E-state index in [4.69, 9.17) is 16.3 Å². The SMILES string of the molecule is CC(=O)Nc1ccc(NC(=O)[C@@H](C)Oc2ccc(F)cc2Cl)cc1. The maximum absolute atomic E-state index is 13.0. The van der Waals surface area contributed by atoms with Gasteiger partial charge < -0.3 is 15.4 Å². The number of hydrogen-bond donors (Lipinski definition) is 2. The molecule has 2 aromatic rings. The van der Waals surface area contributed by atoms with Gasteiger partial charge in [-0.1, -0.05) is 11.6 Å². The van der Waals surface area contributed by atoms with E-state index in [1.54, 1.807) is 31.2 Å². The van der Waals surface area contributed by atoms with Gasteiger partial charge in [-0.05, 0) is 49.4 Å². The van der Waals surface area contributed by atoms with E-state index in [-0.39, 0.29) is 22.6 Å². The fraction of sp³-hybridized carbons (Fsp3) is 0.176. The Morgan fingerprint density at radius 3 is 2.21 bits per heavy atom. The van der Waals surface area contributed by atoms with Gasteiger partial charge in [-0.25, -0.2) is 4.39 Å². The summed E-state index contributed by atoms with van der Waals surface area (Å²) in [6, 6.07) is 10.3. The highest BCUT2D eigenvalue weighted by Crippen LogP contribution is 2.26. The molecule has 0 saturated heterocycles. The zero-order chi connectivity index (χ0) is 17.7. The normalized spacial score (nSPS) is 11.5. The Hall–Kier alpha value is -2.60. The van der Waals surface area contributed by atoms with Gasteiger partial charge in [0.05, 0.1) is 5.02 Å². The average Bonchev–Trinajstić information content (AvgIpc) is 2.51. The van der Waals surface area contributed by atoms with Crippen LogP contribution in [0.25, 0.3) is 0 Å². The highest BCUT2D eigenvalue weighted by Gasteiger charge is 2.16. The van der Waals surface area contributed by atoms with Gasteiger partial charge in [-0.15, -0.1) is 0 Å². The Morgan fingerprint density at radius 1 is 1.08 bits per heavy atom. The van der Waals surface area contributed by atoms with E-state index < -0.39 is 11.9 Å². The molecule has 0 heterocycles. The van der Waals surface area contributed by atoms with Gasteiger partial charge in [-0.3, -0.25) is 9.59 Å². The summed E-state index contributed by atoms with van der Waals surface area (Å²) >= 11 is 5.87. The number of nitrogens with one attached hydrogen (secondary N) is 2. The number of amides is 2. The van der Waals surface area contributed by atoms with E-state index in [1.165, 1.54) is 19.1 Å². The molecule has 2 amide bonds. The first-order valence-corrected chi connectivity index (χ1v) is 7.53. The van der Waals surface area contributed by atoms with Crippen molar-refractivity contribution < 1.29 is 18.7 Å². The van der Waals surface area contributed by atoms with Crippen molar-refractivity contribution in [3.63, 3.8) is 0 Å². The molecule has 0 aromatic heterocycles. The Bertz CT molecular complexity index is 750.